The van der Waals surface area contributed by atoms with Gasteiger partial charge in [-0.05, 0) is 47.4 Å². The van der Waals surface area contributed by atoms with Crippen LogP contribution in [0.1, 0.15) is 35.3 Å². The van der Waals surface area contributed by atoms with Crippen molar-refractivity contribution in [3.63, 3.8) is 0 Å². The van der Waals surface area contributed by atoms with Gasteiger partial charge in [0.25, 0.3) is 5.91 Å². The standard InChI is InChI=1S/C32H36N2O8/c1-20(2)30-32(37)33(17-21-9-7-11-23(13-21)38-3)26-16-28(40-5)27(39-4)15-25(26)31(36)34(30)18-22-10-8-12-24(14-22)42-19-29(35)41-6/h7-16,20,30H,17-19H2,1-6H3/t30-/m0/s1. The van der Waals surface area contributed by atoms with Gasteiger partial charge in [-0.1, -0.05) is 38.1 Å². The molecule has 0 aliphatic carbocycles. The number of hydrogen-bond donors (Lipinski definition) is 0. The zero-order chi connectivity index (χ0) is 30.4. The Labute approximate surface area is 245 Å². The van der Waals surface area contributed by atoms with Crippen LogP contribution in [0.25, 0.3) is 0 Å². The van der Waals surface area contributed by atoms with Crippen molar-refractivity contribution >= 4 is 23.5 Å². The molecule has 0 spiro atoms. The van der Waals surface area contributed by atoms with E-state index < -0.39 is 12.0 Å². The summed E-state index contributed by atoms with van der Waals surface area (Å²) in [6.45, 7) is 3.92. The summed E-state index contributed by atoms with van der Waals surface area (Å²) in [6, 6.07) is 17.0. The van der Waals surface area contributed by atoms with Crippen molar-refractivity contribution in [2.75, 3.05) is 39.9 Å². The Balaban J connectivity index is 1.81. The van der Waals surface area contributed by atoms with Gasteiger partial charge in [0.05, 0.1) is 46.2 Å². The van der Waals surface area contributed by atoms with Gasteiger partial charge in [-0.2, -0.15) is 0 Å². The molecule has 0 aromatic heterocycles. The van der Waals surface area contributed by atoms with Crippen LogP contribution in [0.2, 0.25) is 0 Å². The van der Waals surface area contributed by atoms with Crippen molar-refractivity contribution < 1.29 is 38.1 Å². The summed E-state index contributed by atoms with van der Waals surface area (Å²) < 4.78 is 26.7. The molecule has 0 radical (unpaired) electrons. The molecule has 1 aliphatic heterocycles. The highest BCUT2D eigenvalue weighted by atomic mass is 16.6. The fourth-order valence-corrected chi connectivity index (χ4v) is 5.02. The highest BCUT2D eigenvalue weighted by molar-refractivity contribution is 6.11. The lowest BCUT2D eigenvalue weighted by atomic mass is 9.99. The quantitative estimate of drug-likeness (QED) is 0.308. The second-order valence-corrected chi connectivity index (χ2v) is 10.1. The number of esters is 1. The van der Waals surface area contributed by atoms with Gasteiger partial charge in [-0.3, -0.25) is 9.59 Å². The van der Waals surface area contributed by atoms with E-state index in [1.165, 1.54) is 21.3 Å². The van der Waals surface area contributed by atoms with Crippen LogP contribution in [-0.2, 0) is 27.4 Å². The van der Waals surface area contributed by atoms with Crippen LogP contribution in [0, 0.1) is 5.92 Å². The predicted molar refractivity (Wildman–Crippen MR) is 156 cm³/mol. The molecule has 0 saturated carbocycles. The minimum absolute atomic E-state index is 0.129. The lowest BCUT2D eigenvalue weighted by Crippen LogP contribution is -2.50. The number of hydrogen-bond acceptors (Lipinski definition) is 8. The summed E-state index contributed by atoms with van der Waals surface area (Å²) in [5.74, 6) is 0.597. The second-order valence-electron chi connectivity index (χ2n) is 10.1. The number of fused-ring (bicyclic) bond motifs is 1. The van der Waals surface area contributed by atoms with Crippen LogP contribution in [0.5, 0.6) is 23.0 Å². The van der Waals surface area contributed by atoms with Crippen molar-refractivity contribution in [3.8, 4) is 23.0 Å². The number of rotatable bonds is 11. The number of carbonyl (C=O) groups excluding carboxylic acids is 3. The zero-order valence-corrected chi connectivity index (χ0v) is 24.7. The highest BCUT2D eigenvalue weighted by Gasteiger charge is 2.42. The van der Waals surface area contributed by atoms with Crippen molar-refractivity contribution in [2.24, 2.45) is 5.92 Å². The van der Waals surface area contributed by atoms with E-state index in [1.807, 2.05) is 44.2 Å². The lowest BCUT2D eigenvalue weighted by molar-refractivity contribution is -0.142. The molecular weight excluding hydrogens is 540 g/mol. The normalized spacial score (nSPS) is 14.8. The number of carbonyl (C=O) groups is 3. The van der Waals surface area contributed by atoms with Crippen LogP contribution < -0.4 is 23.8 Å². The molecule has 2 amide bonds. The van der Waals surface area contributed by atoms with E-state index in [0.29, 0.717) is 34.2 Å². The van der Waals surface area contributed by atoms with Crippen LogP contribution >= 0.6 is 0 Å². The molecule has 1 heterocycles. The van der Waals surface area contributed by atoms with Crippen LogP contribution in [0.3, 0.4) is 0 Å². The average Bonchev–Trinajstić information content (AvgIpc) is 3.08. The summed E-state index contributed by atoms with van der Waals surface area (Å²) in [7, 11) is 5.88. The predicted octanol–water partition coefficient (Wildman–Crippen LogP) is 4.48. The molecule has 0 fully saturated rings. The minimum Gasteiger partial charge on any atom is -0.497 e. The van der Waals surface area contributed by atoms with E-state index in [0.717, 1.165) is 11.1 Å². The molecule has 0 saturated heterocycles. The topological polar surface area (TPSA) is 104 Å². The fourth-order valence-electron chi connectivity index (χ4n) is 5.02. The van der Waals surface area contributed by atoms with Gasteiger partial charge in [-0.25, -0.2) is 4.79 Å². The first kappa shape index (κ1) is 30.2. The Hall–Kier alpha value is -4.73. The average molecular weight is 577 g/mol. The van der Waals surface area contributed by atoms with Crippen LogP contribution in [0.15, 0.2) is 60.7 Å². The molecule has 0 unspecified atom stereocenters. The molecule has 3 aromatic carbocycles. The summed E-state index contributed by atoms with van der Waals surface area (Å²) in [5, 5.41) is 0. The van der Waals surface area contributed by atoms with Gasteiger partial charge in [0, 0.05) is 12.6 Å². The number of methoxy groups -OCH3 is 4. The fraction of sp³-hybridized carbons (Fsp3) is 0.344. The molecule has 1 atom stereocenters. The van der Waals surface area contributed by atoms with Crippen molar-refractivity contribution in [2.45, 2.75) is 33.0 Å². The Morgan fingerprint density at radius 1 is 0.810 bits per heavy atom. The molecule has 42 heavy (non-hydrogen) atoms. The Kier molecular flexibility index (Phi) is 9.57. The maximum atomic E-state index is 14.4. The van der Waals surface area contributed by atoms with Gasteiger partial charge in [-0.15, -0.1) is 0 Å². The van der Waals surface area contributed by atoms with E-state index in [-0.39, 0.29) is 37.4 Å². The molecule has 1 aliphatic rings. The smallest absolute Gasteiger partial charge is 0.343 e. The van der Waals surface area contributed by atoms with Gasteiger partial charge >= 0.3 is 5.97 Å². The molecular formula is C32H36N2O8. The first-order valence-electron chi connectivity index (χ1n) is 13.5. The Bertz CT molecular complexity index is 1450. The Morgan fingerprint density at radius 3 is 2.05 bits per heavy atom. The van der Waals surface area contributed by atoms with Gasteiger partial charge < -0.3 is 33.5 Å². The van der Waals surface area contributed by atoms with Crippen molar-refractivity contribution in [1.29, 1.82) is 0 Å². The third-order valence-corrected chi connectivity index (χ3v) is 7.08. The number of nitrogens with zero attached hydrogens (tertiary/aromatic N) is 2. The van der Waals surface area contributed by atoms with Crippen LogP contribution in [-0.4, -0.2) is 63.8 Å². The number of anilines is 1. The van der Waals surface area contributed by atoms with Crippen molar-refractivity contribution in [1.82, 2.24) is 4.90 Å². The number of ether oxygens (including phenoxy) is 5. The Morgan fingerprint density at radius 2 is 1.43 bits per heavy atom. The van der Waals surface area contributed by atoms with Crippen molar-refractivity contribution in [3.05, 3.63) is 77.4 Å². The lowest BCUT2D eigenvalue weighted by Gasteiger charge is -2.33. The van der Waals surface area contributed by atoms with E-state index in [1.54, 1.807) is 47.2 Å². The van der Waals surface area contributed by atoms with Crippen LogP contribution in [0.4, 0.5) is 5.69 Å². The van der Waals surface area contributed by atoms with Gasteiger partial charge in [0.1, 0.15) is 17.5 Å². The molecule has 222 valence electrons. The minimum atomic E-state index is -0.785. The molecule has 4 rings (SSSR count). The second kappa shape index (κ2) is 13.3. The largest absolute Gasteiger partial charge is 0.497 e. The van der Waals surface area contributed by atoms with E-state index in [4.69, 9.17) is 18.9 Å². The maximum Gasteiger partial charge on any atom is 0.343 e. The monoisotopic (exact) mass is 576 g/mol. The summed E-state index contributed by atoms with van der Waals surface area (Å²) in [6.07, 6.45) is 0. The highest BCUT2D eigenvalue weighted by Crippen LogP contribution is 2.40. The molecule has 0 N–H and O–H groups in total. The maximum absolute atomic E-state index is 14.4. The third-order valence-electron chi connectivity index (χ3n) is 7.08. The molecule has 10 heteroatoms. The first-order chi connectivity index (χ1) is 20.2. The van der Waals surface area contributed by atoms with Gasteiger partial charge in [0.2, 0.25) is 5.91 Å². The molecule has 10 nitrogen and oxygen atoms in total. The third kappa shape index (κ3) is 6.43. The number of benzene rings is 3. The first-order valence-corrected chi connectivity index (χ1v) is 13.5. The van der Waals surface area contributed by atoms with Gasteiger partial charge in [0.15, 0.2) is 18.1 Å². The summed E-state index contributed by atoms with van der Waals surface area (Å²) >= 11 is 0. The van der Waals surface area contributed by atoms with E-state index >= 15 is 0 Å². The molecule has 0 bridgehead atoms. The van der Waals surface area contributed by atoms with E-state index in [9.17, 15) is 14.4 Å². The SMILES string of the molecule is COC(=O)COc1cccc(CN2C(=O)c3cc(OC)c(OC)cc3N(Cc3cccc(OC)c3)C(=O)[C@@H]2C(C)C)c1. The summed E-state index contributed by atoms with van der Waals surface area (Å²) in [4.78, 5) is 43.6. The number of amides is 2. The zero-order valence-electron chi connectivity index (χ0n) is 24.7. The van der Waals surface area contributed by atoms with E-state index in [2.05, 4.69) is 4.74 Å². The summed E-state index contributed by atoms with van der Waals surface area (Å²) in [5.41, 5.74) is 2.30. The molecule has 3 aromatic rings.